The summed E-state index contributed by atoms with van der Waals surface area (Å²) in [4.78, 5) is 20.8. The fourth-order valence-corrected chi connectivity index (χ4v) is 3.72. The maximum absolute atomic E-state index is 13.0. The van der Waals surface area contributed by atoms with Gasteiger partial charge < -0.3 is 14.9 Å². The summed E-state index contributed by atoms with van der Waals surface area (Å²) in [6.07, 6.45) is 1.28. The monoisotopic (exact) mass is 349 g/mol. The summed E-state index contributed by atoms with van der Waals surface area (Å²) in [5, 5.41) is 12.2. The Morgan fingerprint density at radius 1 is 1.38 bits per heavy atom. The van der Waals surface area contributed by atoms with Crippen LogP contribution in [-0.4, -0.2) is 52.2 Å². The Kier molecular flexibility index (Phi) is 5.52. The Hall–Kier alpha value is -1.86. The van der Waals surface area contributed by atoms with Crippen molar-refractivity contribution in [3.8, 4) is 0 Å². The summed E-state index contributed by atoms with van der Waals surface area (Å²) in [5.74, 6) is -0.351. The molecule has 0 saturated carbocycles. The number of nitrogens with zero attached hydrogens (tertiary/aromatic N) is 3. The lowest BCUT2D eigenvalue weighted by Gasteiger charge is -2.27. The molecule has 3 rings (SSSR count). The number of amides is 1. The number of thioether (sulfide) groups is 1. The van der Waals surface area contributed by atoms with Crippen LogP contribution in [0.1, 0.15) is 18.4 Å². The lowest BCUT2D eigenvalue weighted by atomic mass is 10.2. The SMILES string of the molecule is O=C(CC1=CSC2=NCCCN12)N(CCO)Cc1ccc(F)cc1. The van der Waals surface area contributed by atoms with Gasteiger partial charge in [0.1, 0.15) is 5.82 Å². The average Bonchev–Trinajstić information content (AvgIpc) is 2.99. The topological polar surface area (TPSA) is 56.1 Å². The Bertz CT molecular complexity index is 660. The summed E-state index contributed by atoms with van der Waals surface area (Å²) < 4.78 is 13.0. The van der Waals surface area contributed by atoms with Gasteiger partial charge in [-0.25, -0.2) is 4.39 Å². The van der Waals surface area contributed by atoms with E-state index in [4.69, 9.17) is 0 Å². The van der Waals surface area contributed by atoms with E-state index in [1.165, 1.54) is 12.1 Å². The van der Waals surface area contributed by atoms with Crippen molar-refractivity contribution in [2.24, 2.45) is 4.99 Å². The van der Waals surface area contributed by atoms with Gasteiger partial charge in [0.05, 0.1) is 13.0 Å². The van der Waals surface area contributed by atoms with Gasteiger partial charge in [-0.1, -0.05) is 23.9 Å². The second kappa shape index (κ2) is 7.81. The smallest absolute Gasteiger partial charge is 0.228 e. The van der Waals surface area contributed by atoms with Gasteiger partial charge in [0.15, 0.2) is 5.17 Å². The Morgan fingerprint density at radius 3 is 2.92 bits per heavy atom. The molecule has 1 amide bonds. The molecule has 1 aromatic carbocycles. The Labute approximate surface area is 144 Å². The molecule has 7 heteroatoms. The van der Waals surface area contributed by atoms with Crippen molar-refractivity contribution in [2.45, 2.75) is 19.4 Å². The molecule has 0 spiro atoms. The van der Waals surface area contributed by atoms with E-state index in [-0.39, 0.29) is 31.3 Å². The molecule has 0 atom stereocenters. The molecule has 1 N–H and O–H groups in total. The molecule has 0 saturated heterocycles. The zero-order valence-corrected chi connectivity index (χ0v) is 14.1. The number of halogens is 1. The number of fused-ring (bicyclic) bond motifs is 1. The fourth-order valence-electron chi connectivity index (χ4n) is 2.76. The first-order valence-corrected chi connectivity index (χ1v) is 8.86. The predicted octanol–water partition coefficient (Wildman–Crippen LogP) is 2.19. The molecular formula is C17H20FN3O2S. The quantitative estimate of drug-likeness (QED) is 0.855. The van der Waals surface area contributed by atoms with Gasteiger partial charge in [0.25, 0.3) is 0 Å². The summed E-state index contributed by atoms with van der Waals surface area (Å²) in [5.41, 5.74) is 1.80. The van der Waals surface area contributed by atoms with Gasteiger partial charge >= 0.3 is 0 Å². The third kappa shape index (κ3) is 3.96. The standard InChI is InChI=1S/C17H20FN3O2S/c18-14-4-2-13(3-5-14)11-20(8-9-22)16(23)10-15-12-24-17-19-6-1-7-21(15)17/h2-5,12,22H,1,6-11H2. The highest BCUT2D eigenvalue weighted by molar-refractivity contribution is 8.16. The largest absolute Gasteiger partial charge is 0.395 e. The molecule has 2 aliphatic heterocycles. The highest BCUT2D eigenvalue weighted by atomic mass is 32.2. The Balaban J connectivity index is 1.65. The molecule has 0 unspecified atom stereocenters. The molecule has 2 aliphatic rings. The van der Waals surface area contributed by atoms with E-state index in [0.29, 0.717) is 6.54 Å². The van der Waals surface area contributed by atoms with Crippen LogP contribution >= 0.6 is 11.8 Å². The molecular weight excluding hydrogens is 329 g/mol. The molecule has 0 aliphatic carbocycles. The number of carbonyl (C=O) groups excluding carboxylic acids is 1. The normalized spacial score (nSPS) is 16.5. The lowest BCUT2D eigenvalue weighted by molar-refractivity contribution is -0.131. The lowest BCUT2D eigenvalue weighted by Crippen LogP contribution is -2.36. The van der Waals surface area contributed by atoms with Crippen molar-refractivity contribution in [3.05, 3.63) is 46.8 Å². The first-order valence-electron chi connectivity index (χ1n) is 7.98. The third-order valence-corrected chi connectivity index (χ3v) is 4.96. The zero-order chi connectivity index (χ0) is 16.9. The number of amidine groups is 1. The van der Waals surface area contributed by atoms with Crippen molar-refractivity contribution in [3.63, 3.8) is 0 Å². The van der Waals surface area contributed by atoms with Gasteiger partial charge in [-0.15, -0.1) is 0 Å². The first kappa shape index (κ1) is 17.0. The minimum Gasteiger partial charge on any atom is -0.395 e. The molecule has 1 aromatic rings. The minimum atomic E-state index is -0.302. The second-order valence-electron chi connectivity index (χ2n) is 5.74. The van der Waals surface area contributed by atoms with Crippen LogP contribution in [0.15, 0.2) is 40.4 Å². The first-order chi connectivity index (χ1) is 11.7. The molecule has 0 fully saturated rings. The van der Waals surface area contributed by atoms with Crippen LogP contribution in [0.3, 0.4) is 0 Å². The van der Waals surface area contributed by atoms with Crippen molar-refractivity contribution in [1.82, 2.24) is 9.80 Å². The number of hydrogen-bond donors (Lipinski definition) is 1. The van der Waals surface area contributed by atoms with Gasteiger partial charge in [0, 0.05) is 31.9 Å². The number of carbonyl (C=O) groups is 1. The molecule has 0 bridgehead atoms. The van der Waals surface area contributed by atoms with Crippen molar-refractivity contribution in [1.29, 1.82) is 0 Å². The number of aliphatic hydroxyl groups excluding tert-OH is 1. The molecule has 0 aromatic heterocycles. The summed E-state index contributed by atoms with van der Waals surface area (Å²) >= 11 is 1.56. The van der Waals surface area contributed by atoms with E-state index in [0.717, 1.165) is 35.9 Å². The molecule has 128 valence electrons. The highest BCUT2D eigenvalue weighted by Gasteiger charge is 2.27. The summed E-state index contributed by atoms with van der Waals surface area (Å²) in [7, 11) is 0. The van der Waals surface area contributed by atoms with E-state index in [1.54, 1.807) is 28.8 Å². The maximum Gasteiger partial charge on any atom is 0.228 e. The molecule has 5 nitrogen and oxygen atoms in total. The highest BCUT2D eigenvalue weighted by Crippen LogP contribution is 2.31. The second-order valence-corrected chi connectivity index (χ2v) is 6.58. The van der Waals surface area contributed by atoms with Gasteiger partial charge in [-0.05, 0) is 29.5 Å². The zero-order valence-electron chi connectivity index (χ0n) is 13.3. The molecule has 2 heterocycles. The van der Waals surface area contributed by atoms with Crippen LogP contribution in [0.2, 0.25) is 0 Å². The molecule has 0 radical (unpaired) electrons. The van der Waals surface area contributed by atoms with E-state index >= 15 is 0 Å². The number of rotatable bonds is 6. The number of benzene rings is 1. The van der Waals surface area contributed by atoms with Crippen molar-refractivity contribution in [2.75, 3.05) is 26.2 Å². The van der Waals surface area contributed by atoms with E-state index in [9.17, 15) is 14.3 Å². The van der Waals surface area contributed by atoms with Crippen LogP contribution in [0.25, 0.3) is 0 Å². The number of aliphatic hydroxyl groups is 1. The summed E-state index contributed by atoms with van der Waals surface area (Å²) in [6, 6.07) is 6.08. The van der Waals surface area contributed by atoms with E-state index in [1.807, 2.05) is 5.41 Å². The van der Waals surface area contributed by atoms with E-state index < -0.39 is 0 Å². The van der Waals surface area contributed by atoms with Crippen molar-refractivity contribution >= 4 is 22.8 Å². The third-order valence-electron chi connectivity index (χ3n) is 4.01. The molecule has 24 heavy (non-hydrogen) atoms. The van der Waals surface area contributed by atoms with Crippen LogP contribution in [0.5, 0.6) is 0 Å². The van der Waals surface area contributed by atoms with Gasteiger partial charge in [-0.2, -0.15) is 0 Å². The van der Waals surface area contributed by atoms with Crippen molar-refractivity contribution < 1.29 is 14.3 Å². The van der Waals surface area contributed by atoms with Crippen LogP contribution < -0.4 is 0 Å². The maximum atomic E-state index is 13.0. The minimum absolute atomic E-state index is 0.0490. The fraction of sp³-hybridized carbons (Fsp3) is 0.412. The van der Waals surface area contributed by atoms with Crippen LogP contribution in [0.4, 0.5) is 4.39 Å². The average molecular weight is 349 g/mol. The number of aliphatic imine (C=N–C) groups is 1. The van der Waals surface area contributed by atoms with Gasteiger partial charge in [-0.3, -0.25) is 9.79 Å². The van der Waals surface area contributed by atoms with Crippen LogP contribution in [0, 0.1) is 5.82 Å². The Morgan fingerprint density at radius 2 is 2.17 bits per heavy atom. The van der Waals surface area contributed by atoms with Gasteiger partial charge in [0.2, 0.25) is 5.91 Å². The van der Waals surface area contributed by atoms with E-state index in [2.05, 4.69) is 9.89 Å². The van der Waals surface area contributed by atoms with Crippen LogP contribution in [-0.2, 0) is 11.3 Å². The number of hydrogen-bond acceptors (Lipinski definition) is 5. The predicted molar refractivity (Wildman–Crippen MR) is 92.8 cm³/mol. The summed E-state index contributed by atoms with van der Waals surface area (Å²) in [6.45, 7) is 2.26.